The molecule has 0 unspecified atom stereocenters. The molecule has 0 spiro atoms. The molecule has 132 valence electrons. The van der Waals surface area contributed by atoms with Crippen molar-refractivity contribution < 1.29 is 19.0 Å². The minimum Gasteiger partial charge on any atom is -0.502 e. The van der Waals surface area contributed by atoms with Crippen molar-refractivity contribution in [3.63, 3.8) is 0 Å². The van der Waals surface area contributed by atoms with E-state index in [0.29, 0.717) is 5.69 Å². The van der Waals surface area contributed by atoms with Crippen LogP contribution in [0.3, 0.4) is 0 Å². The van der Waals surface area contributed by atoms with Crippen LogP contribution >= 0.6 is 0 Å². The highest BCUT2D eigenvalue weighted by atomic mass is 19.1. The second kappa shape index (κ2) is 7.29. The van der Waals surface area contributed by atoms with Gasteiger partial charge in [0.25, 0.3) is 0 Å². The van der Waals surface area contributed by atoms with Gasteiger partial charge in [0.1, 0.15) is 0 Å². The van der Waals surface area contributed by atoms with E-state index < -0.39 is 17.6 Å². The Balaban J connectivity index is 1.63. The molecule has 0 radical (unpaired) electrons. The van der Waals surface area contributed by atoms with Crippen LogP contribution in [-0.2, 0) is 0 Å². The number of ether oxygens (including phenoxy) is 1. The molecule has 2 amide bonds. The number of methoxy groups -OCH3 is 1. The number of phenolic OH excluding ortho intramolecular Hbond substituents is 1. The van der Waals surface area contributed by atoms with Crippen molar-refractivity contribution in [3.8, 4) is 11.5 Å². The average Bonchev–Trinajstić information content (AvgIpc) is 3.13. The minimum atomic E-state index is -0.871. The topological polar surface area (TPSA) is 73.8 Å². The van der Waals surface area contributed by atoms with E-state index in [1.807, 2.05) is 24.3 Å². The lowest BCUT2D eigenvalue weighted by atomic mass is 10.2. The number of phenols is 1. The summed E-state index contributed by atoms with van der Waals surface area (Å²) in [5.74, 6) is -1.51. The van der Waals surface area contributed by atoms with Gasteiger partial charge in [-0.25, -0.2) is 9.18 Å². The molecule has 0 bridgehead atoms. The number of carbonyl (C=O) groups is 1. The predicted octanol–water partition coefficient (Wildman–Crippen LogP) is 3.78. The number of anilines is 3. The van der Waals surface area contributed by atoms with Crippen LogP contribution in [0.15, 0.2) is 36.4 Å². The molecule has 3 N–H and O–H groups in total. The van der Waals surface area contributed by atoms with E-state index in [-0.39, 0.29) is 11.4 Å². The summed E-state index contributed by atoms with van der Waals surface area (Å²) in [6.45, 7) is 2.11. The second-order valence-electron chi connectivity index (χ2n) is 5.83. The first-order chi connectivity index (χ1) is 12.1. The fourth-order valence-electron chi connectivity index (χ4n) is 2.83. The maximum absolute atomic E-state index is 13.6. The molecular weight excluding hydrogens is 325 g/mol. The summed E-state index contributed by atoms with van der Waals surface area (Å²) >= 11 is 0. The quantitative estimate of drug-likeness (QED) is 0.737. The van der Waals surface area contributed by atoms with Gasteiger partial charge in [-0.2, -0.15) is 0 Å². The summed E-state index contributed by atoms with van der Waals surface area (Å²) in [6.07, 6.45) is 2.41. The molecule has 0 aliphatic carbocycles. The number of hydrogen-bond donors (Lipinski definition) is 3. The molecule has 0 atom stereocenters. The molecule has 0 saturated carbocycles. The molecule has 25 heavy (non-hydrogen) atoms. The Bertz CT molecular complexity index is 759. The lowest BCUT2D eigenvalue weighted by Gasteiger charge is -2.18. The van der Waals surface area contributed by atoms with Crippen LogP contribution in [0.4, 0.5) is 26.2 Å². The number of nitrogens with zero attached hydrogens (tertiary/aromatic N) is 1. The van der Waals surface area contributed by atoms with Gasteiger partial charge in [0.15, 0.2) is 17.3 Å². The summed E-state index contributed by atoms with van der Waals surface area (Å²) in [4.78, 5) is 14.4. The third-order valence-corrected chi connectivity index (χ3v) is 4.10. The Hall–Kier alpha value is -2.96. The Morgan fingerprint density at radius 2 is 1.76 bits per heavy atom. The van der Waals surface area contributed by atoms with Crippen LogP contribution < -0.4 is 20.3 Å². The molecule has 1 aliphatic heterocycles. The molecule has 1 heterocycles. The number of aromatic hydroxyl groups is 1. The number of urea groups is 1. The van der Waals surface area contributed by atoms with Crippen LogP contribution in [0, 0.1) is 5.82 Å². The number of hydrogen-bond acceptors (Lipinski definition) is 4. The highest BCUT2D eigenvalue weighted by Crippen LogP contribution is 2.32. The summed E-state index contributed by atoms with van der Waals surface area (Å²) in [5.41, 5.74) is 1.94. The molecule has 1 saturated heterocycles. The van der Waals surface area contributed by atoms with Gasteiger partial charge in [0, 0.05) is 42.3 Å². The van der Waals surface area contributed by atoms with Gasteiger partial charge in [0.05, 0.1) is 7.11 Å². The van der Waals surface area contributed by atoms with Gasteiger partial charge in [-0.05, 0) is 37.1 Å². The fourth-order valence-corrected chi connectivity index (χ4v) is 2.83. The highest BCUT2D eigenvalue weighted by Gasteiger charge is 2.13. The molecule has 2 aromatic rings. The molecule has 0 aromatic heterocycles. The van der Waals surface area contributed by atoms with Crippen molar-refractivity contribution in [2.75, 3.05) is 35.7 Å². The Labute approximate surface area is 145 Å². The second-order valence-corrected chi connectivity index (χ2v) is 5.83. The largest absolute Gasteiger partial charge is 0.502 e. The number of rotatable bonds is 4. The fraction of sp³-hybridized carbons (Fsp3) is 0.278. The highest BCUT2D eigenvalue weighted by molar-refractivity contribution is 6.00. The van der Waals surface area contributed by atoms with Crippen molar-refractivity contribution in [1.29, 1.82) is 0 Å². The third kappa shape index (κ3) is 3.93. The van der Waals surface area contributed by atoms with Gasteiger partial charge >= 0.3 is 6.03 Å². The van der Waals surface area contributed by atoms with E-state index in [9.17, 15) is 14.3 Å². The number of amides is 2. The summed E-state index contributed by atoms with van der Waals surface area (Å²) in [6, 6.07) is 9.42. The minimum absolute atomic E-state index is 0.0507. The van der Waals surface area contributed by atoms with E-state index in [0.717, 1.165) is 24.8 Å². The maximum Gasteiger partial charge on any atom is 0.323 e. The molecule has 7 heteroatoms. The maximum atomic E-state index is 13.6. The van der Waals surface area contributed by atoms with E-state index in [4.69, 9.17) is 4.74 Å². The molecule has 3 rings (SSSR count). The van der Waals surface area contributed by atoms with Gasteiger partial charge in [-0.1, -0.05) is 0 Å². The van der Waals surface area contributed by atoms with Crippen molar-refractivity contribution in [1.82, 2.24) is 0 Å². The van der Waals surface area contributed by atoms with Crippen LogP contribution in [0.1, 0.15) is 12.8 Å². The normalized spacial score (nSPS) is 13.6. The predicted molar refractivity (Wildman–Crippen MR) is 95.1 cm³/mol. The summed E-state index contributed by atoms with van der Waals surface area (Å²) < 4.78 is 18.5. The van der Waals surface area contributed by atoms with Crippen LogP contribution in [0.25, 0.3) is 0 Å². The van der Waals surface area contributed by atoms with Gasteiger partial charge in [-0.3, -0.25) is 0 Å². The SMILES string of the molecule is COc1cc(NC(=O)Nc2ccc(N3CCCC3)cc2)cc(F)c1O. The zero-order valence-corrected chi connectivity index (χ0v) is 13.9. The lowest BCUT2D eigenvalue weighted by molar-refractivity contribution is 0.262. The summed E-state index contributed by atoms with van der Waals surface area (Å²) in [5, 5.41) is 14.7. The van der Waals surface area contributed by atoms with Crippen molar-refractivity contribution >= 4 is 23.1 Å². The van der Waals surface area contributed by atoms with E-state index in [1.165, 1.54) is 26.0 Å². The van der Waals surface area contributed by atoms with Gasteiger partial charge in [0.2, 0.25) is 0 Å². The van der Waals surface area contributed by atoms with E-state index in [1.54, 1.807) is 0 Å². The van der Waals surface area contributed by atoms with E-state index in [2.05, 4.69) is 15.5 Å². The first-order valence-corrected chi connectivity index (χ1v) is 8.06. The zero-order chi connectivity index (χ0) is 17.8. The number of benzene rings is 2. The van der Waals surface area contributed by atoms with Crippen LogP contribution in [0.2, 0.25) is 0 Å². The van der Waals surface area contributed by atoms with Crippen molar-refractivity contribution in [2.45, 2.75) is 12.8 Å². The monoisotopic (exact) mass is 345 g/mol. The Kier molecular flexibility index (Phi) is 4.92. The number of carbonyl (C=O) groups excluding carboxylic acids is 1. The molecule has 6 nitrogen and oxygen atoms in total. The zero-order valence-electron chi connectivity index (χ0n) is 13.9. The van der Waals surface area contributed by atoms with Gasteiger partial charge in [-0.15, -0.1) is 0 Å². The standard InChI is InChI=1S/C18H20FN3O3/c1-25-16-11-13(10-15(19)17(16)23)21-18(24)20-12-4-6-14(7-5-12)22-8-2-3-9-22/h4-7,10-11,23H,2-3,8-9H2,1H3,(H2,20,21,24). The number of nitrogens with one attached hydrogen (secondary N) is 2. The lowest BCUT2D eigenvalue weighted by Crippen LogP contribution is -2.20. The Morgan fingerprint density at radius 1 is 1.12 bits per heavy atom. The first kappa shape index (κ1) is 16.9. The molecule has 1 fully saturated rings. The summed E-state index contributed by atoms with van der Waals surface area (Å²) in [7, 11) is 1.31. The van der Waals surface area contributed by atoms with Crippen molar-refractivity contribution in [3.05, 3.63) is 42.2 Å². The van der Waals surface area contributed by atoms with Crippen LogP contribution in [0.5, 0.6) is 11.5 Å². The van der Waals surface area contributed by atoms with E-state index >= 15 is 0 Å². The third-order valence-electron chi connectivity index (χ3n) is 4.10. The Morgan fingerprint density at radius 3 is 2.40 bits per heavy atom. The molecular formula is C18H20FN3O3. The van der Waals surface area contributed by atoms with Gasteiger partial charge < -0.3 is 25.4 Å². The van der Waals surface area contributed by atoms with Crippen molar-refractivity contribution in [2.24, 2.45) is 0 Å². The average molecular weight is 345 g/mol. The first-order valence-electron chi connectivity index (χ1n) is 8.06. The smallest absolute Gasteiger partial charge is 0.323 e. The molecule has 1 aliphatic rings. The number of halogens is 1. The van der Waals surface area contributed by atoms with Crippen LogP contribution in [-0.4, -0.2) is 31.3 Å². The molecule has 2 aromatic carbocycles.